The van der Waals surface area contributed by atoms with Gasteiger partial charge in [0.25, 0.3) is 0 Å². The van der Waals surface area contributed by atoms with Crippen molar-refractivity contribution < 1.29 is 4.74 Å². The van der Waals surface area contributed by atoms with Gasteiger partial charge in [-0.05, 0) is 26.7 Å². The van der Waals surface area contributed by atoms with E-state index in [4.69, 9.17) is 4.74 Å². The molecule has 10 heavy (non-hydrogen) atoms. The molecule has 0 amide bonds. The summed E-state index contributed by atoms with van der Waals surface area (Å²) in [6.07, 6.45) is 5.29. The lowest BCUT2D eigenvalue weighted by atomic mass is 10.1. The molecule has 0 N–H and O–H groups in total. The average molecular weight is 158 g/mol. The van der Waals surface area contributed by atoms with Gasteiger partial charge in [0.05, 0.1) is 5.60 Å². The number of hydrogen-bond donors (Lipinski definition) is 0. The SMILES string of the molecule is CC([SiH3])OC1(C)CCCC1. The Kier molecular flexibility index (Phi) is 2.53. The molecule has 1 saturated carbocycles. The van der Waals surface area contributed by atoms with Gasteiger partial charge in [-0.1, -0.05) is 12.8 Å². The van der Waals surface area contributed by atoms with Crippen LogP contribution in [0.1, 0.15) is 39.5 Å². The van der Waals surface area contributed by atoms with Gasteiger partial charge < -0.3 is 4.74 Å². The maximum Gasteiger partial charge on any atom is 0.0653 e. The van der Waals surface area contributed by atoms with Crippen molar-refractivity contribution >= 4 is 10.2 Å². The van der Waals surface area contributed by atoms with E-state index in [1.807, 2.05) is 0 Å². The summed E-state index contributed by atoms with van der Waals surface area (Å²) in [7, 11) is 1.16. The number of hydrogen-bond acceptors (Lipinski definition) is 1. The topological polar surface area (TPSA) is 9.23 Å². The Morgan fingerprint density at radius 1 is 1.40 bits per heavy atom. The molecule has 0 radical (unpaired) electrons. The molecule has 0 spiro atoms. The highest BCUT2D eigenvalue weighted by molar-refractivity contribution is 6.10. The fraction of sp³-hybridized carbons (Fsp3) is 1.00. The second kappa shape index (κ2) is 3.05. The summed E-state index contributed by atoms with van der Waals surface area (Å²) < 4.78 is 5.86. The molecule has 1 atom stereocenters. The maximum absolute atomic E-state index is 5.86. The third-order valence-corrected chi connectivity index (χ3v) is 2.42. The van der Waals surface area contributed by atoms with E-state index in [0.717, 1.165) is 10.2 Å². The van der Waals surface area contributed by atoms with E-state index in [2.05, 4.69) is 13.8 Å². The van der Waals surface area contributed by atoms with Crippen molar-refractivity contribution in [2.45, 2.75) is 50.9 Å². The predicted molar refractivity (Wildman–Crippen MR) is 47.4 cm³/mol. The van der Waals surface area contributed by atoms with E-state index in [1.165, 1.54) is 25.7 Å². The molecule has 1 nitrogen and oxygen atoms in total. The summed E-state index contributed by atoms with van der Waals surface area (Å²) >= 11 is 0. The minimum Gasteiger partial charge on any atom is -0.377 e. The molecule has 0 aliphatic heterocycles. The molecule has 0 aromatic heterocycles. The molecule has 2 heteroatoms. The van der Waals surface area contributed by atoms with Crippen molar-refractivity contribution in [3.63, 3.8) is 0 Å². The van der Waals surface area contributed by atoms with Gasteiger partial charge in [-0.2, -0.15) is 0 Å². The first-order valence-corrected chi connectivity index (χ1v) is 5.46. The zero-order valence-corrected chi connectivity index (χ0v) is 9.31. The van der Waals surface area contributed by atoms with Gasteiger partial charge in [0.1, 0.15) is 0 Å². The summed E-state index contributed by atoms with van der Waals surface area (Å²) in [6.45, 7) is 4.43. The first-order chi connectivity index (χ1) is 4.62. The van der Waals surface area contributed by atoms with Crippen LogP contribution in [0.3, 0.4) is 0 Å². The van der Waals surface area contributed by atoms with Crippen LogP contribution in [0.2, 0.25) is 0 Å². The maximum atomic E-state index is 5.86. The van der Waals surface area contributed by atoms with E-state index in [1.54, 1.807) is 0 Å². The molecule has 0 bridgehead atoms. The van der Waals surface area contributed by atoms with Crippen molar-refractivity contribution in [1.29, 1.82) is 0 Å². The van der Waals surface area contributed by atoms with Crippen LogP contribution < -0.4 is 0 Å². The van der Waals surface area contributed by atoms with Crippen molar-refractivity contribution in [3.8, 4) is 0 Å². The highest BCUT2D eigenvalue weighted by atomic mass is 28.1. The van der Waals surface area contributed by atoms with Gasteiger partial charge in [0.2, 0.25) is 0 Å². The molecule has 1 aliphatic rings. The monoisotopic (exact) mass is 158 g/mol. The van der Waals surface area contributed by atoms with E-state index >= 15 is 0 Å². The highest BCUT2D eigenvalue weighted by Crippen LogP contribution is 2.32. The largest absolute Gasteiger partial charge is 0.377 e. The van der Waals surface area contributed by atoms with Gasteiger partial charge in [-0.15, -0.1) is 0 Å². The van der Waals surface area contributed by atoms with Crippen molar-refractivity contribution in [3.05, 3.63) is 0 Å². The van der Waals surface area contributed by atoms with Crippen molar-refractivity contribution in [2.24, 2.45) is 0 Å². The molecule has 1 aliphatic carbocycles. The Balaban J connectivity index is 2.36. The van der Waals surface area contributed by atoms with Crippen LogP contribution in [0.4, 0.5) is 0 Å². The summed E-state index contributed by atoms with van der Waals surface area (Å²) in [4.78, 5) is 0. The van der Waals surface area contributed by atoms with Gasteiger partial charge in [0.15, 0.2) is 0 Å². The van der Waals surface area contributed by atoms with Crippen LogP contribution in [-0.4, -0.2) is 21.6 Å². The van der Waals surface area contributed by atoms with Crippen molar-refractivity contribution in [1.82, 2.24) is 0 Å². The molecule has 0 saturated heterocycles. The van der Waals surface area contributed by atoms with E-state index in [9.17, 15) is 0 Å². The van der Waals surface area contributed by atoms with E-state index in [0.29, 0.717) is 5.73 Å². The number of ether oxygens (including phenoxy) is 1. The third-order valence-electron chi connectivity index (χ3n) is 2.18. The molecular weight excluding hydrogens is 140 g/mol. The zero-order valence-electron chi connectivity index (χ0n) is 7.31. The first-order valence-electron chi connectivity index (χ1n) is 4.30. The van der Waals surface area contributed by atoms with Gasteiger partial charge in [-0.25, -0.2) is 0 Å². The standard InChI is InChI=1S/C8H18OSi/c1-7(10)9-8(2)5-3-4-6-8/h7H,3-6H2,1-2,10H3. The average Bonchev–Trinajstić information content (AvgIpc) is 2.12. The minimum atomic E-state index is 0.251. The fourth-order valence-corrected chi connectivity index (χ4v) is 2.38. The molecule has 0 aromatic carbocycles. The Labute approximate surface area is 66.6 Å². The summed E-state index contributed by atoms with van der Waals surface area (Å²) in [6, 6.07) is 0. The minimum absolute atomic E-state index is 0.251. The molecule has 60 valence electrons. The van der Waals surface area contributed by atoms with Crippen molar-refractivity contribution in [2.75, 3.05) is 0 Å². The van der Waals surface area contributed by atoms with Gasteiger partial charge in [-0.3, -0.25) is 0 Å². The third kappa shape index (κ3) is 2.10. The summed E-state index contributed by atoms with van der Waals surface area (Å²) in [5.74, 6) is 0. The second-order valence-corrected chi connectivity index (χ2v) is 5.45. The lowest BCUT2D eigenvalue weighted by molar-refractivity contribution is -0.0378. The van der Waals surface area contributed by atoms with Crippen LogP contribution in [-0.2, 0) is 4.74 Å². The Morgan fingerprint density at radius 2 is 1.90 bits per heavy atom. The summed E-state index contributed by atoms with van der Waals surface area (Å²) in [5, 5.41) is 0. The molecule has 1 unspecified atom stereocenters. The molecule has 0 aromatic rings. The van der Waals surface area contributed by atoms with Crippen LogP contribution in [0.15, 0.2) is 0 Å². The van der Waals surface area contributed by atoms with Crippen LogP contribution in [0, 0.1) is 0 Å². The molecule has 0 heterocycles. The first kappa shape index (κ1) is 8.28. The Bertz CT molecular complexity index is 106. The van der Waals surface area contributed by atoms with Crippen LogP contribution in [0.25, 0.3) is 0 Å². The number of rotatable bonds is 2. The smallest absolute Gasteiger partial charge is 0.0653 e. The fourth-order valence-electron chi connectivity index (χ4n) is 1.81. The highest BCUT2D eigenvalue weighted by Gasteiger charge is 2.29. The van der Waals surface area contributed by atoms with Gasteiger partial charge >= 0.3 is 0 Å². The van der Waals surface area contributed by atoms with Crippen LogP contribution in [0.5, 0.6) is 0 Å². The second-order valence-electron chi connectivity index (χ2n) is 3.82. The lowest BCUT2D eigenvalue weighted by Crippen LogP contribution is -2.29. The molecule has 1 rings (SSSR count). The Morgan fingerprint density at radius 3 is 2.30 bits per heavy atom. The normalized spacial score (nSPS) is 27.0. The Hall–Kier alpha value is 0.177. The zero-order chi connectivity index (χ0) is 7.61. The molecular formula is C8H18OSi. The van der Waals surface area contributed by atoms with Crippen LogP contribution >= 0.6 is 0 Å². The quantitative estimate of drug-likeness (QED) is 0.546. The lowest BCUT2D eigenvalue weighted by Gasteiger charge is -2.26. The van der Waals surface area contributed by atoms with E-state index < -0.39 is 0 Å². The predicted octanol–water partition coefficient (Wildman–Crippen LogP) is 1.05. The van der Waals surface area contributed by atoms with E-state index in [-0.39, 0.29) is 5.60 Å². The van der Waals surface area contributed by atoms with Gasteiger partial charge in [0, 0.05) is 16.0 Å². The molecule has 1 fully saturated rings. The summed E-state index contributed by atoms with van der Waals surface area (Å²) in [5.41, 5.74) is 0.782.